The smallest absolute Gasteiger partial charge is 0.343 e. The highest BCUT2D eigenvalue weighted by molar-refractivity contribution is 5.92. The summed E-state index contributed by atoms with van der Waals surface area (Å²) in [5, 5.41) is 10.8. The quantitative estimate of drug-likeness (QED) is 0.476. The van der Waals surface area contributed by atoms with Crippen molar-refractivity contribution in [3.8, 4) is 11.5 Å². The Hall–Kier alpha value is -2.29. The molecule has 0 aliphatic carbocycles. The molecule has 0 heterocycles. The maximum atomic E-state index is 12.9. The van der Waals surface area contributed by atoms with E-state index in [9.17, 15) is 9.90 Å². The molecule has 0 atom stereocenters. The Morgan fingerprint density at radius 1 is 0.750 bits per heavy atom. The van der Waals surface area contributed by atoms with E-state index in [0.717, 1.165) is 11.1 Å². The molecule has 0 aliphatic heterocycles. The number of esters is 1. The van der Waals surface area contributed by atoms with Crippen LogP contribution in [-0.2, 0) is 16.2 Å². The Kier molecular flexibility index (Phi) is 5.71. The number of phenolic OH excluding ortho intramolecular Hbond substituents is 1. The number of hydrogen-bond donors (Lipinski definition) is 1. The van der Waals surface area contributed by atoms with Gasteiger partial charge in [-0.25, -0.2) is 4.79 Å². The Balaban J connectivity index is 2.42. The van der Waals surface area contributed by atoms with Gasteiger partial charge in [-0.3, -0.25) is 0 Å². The minimum Gasteiger partial charge on any atom is -0.507 e. The summed E-state index contributed by atoms with van der Waals surface area (Å²) in [5.74, 6) is 0.353. The number of carbonyl (C=O) groups is 1. The molecule has 3 heteroatoms. The molecule has 28 heavy (non-hydrogen) atoms. The summed E-state index contributed by atoms with van der Waals surface area (Å²) in [6.45, 7) is 18.6. The first-order chi connectivity index (χ1) is 12.6. The zero-order valence-corrected chi connectivity index (χ0v) is 18.7. The fourth-order valence-corrected chi connectivity index (χ4v) is 3.08. The molecule has 2 rings (SSSR count). The summed E-state index contributed by atoms with van der Waals surface area (Å²) in [4.78, 5) is 12.9. The topological polar surface area (TPSA) is 46.5 Å². The lowest BCUT2D eigenvalue weighted by atomic mass is 9.78. The molecule has 0 saturated carbocycles. The first kappa shape index (κ1) is 22.0. The minimum atomic E-state index is -0.417. The van der Waals surface area contributed by atoms with Gasteiger partial charge in [0.05, 0.1) is 5.56 Å². The van der Waals surface area contributed by atoms with Crippen molar-refractivity contribution in [3.05, 3.63) is 58.7 Å². The average Bonchev–Trinajstić information content (AvgIpc) is 2.52. The normalized spacial score (nSPS) is 12.8. The van der Waals surface area contributed by atoms with Crippen molar-refractivity contribution in [1.29, 1.82) is 0 Å². The van der Waals surface area contributed by atoms with Crippen LogP contribution in [0.5, 0.6) is 11.5 Å². The lowest BCUT2D eigenvalue weighted by Crippen LogP contribution is -2.20. The van der Waals surface area contributed by atoms with Crippen LogP contribution in [0.2, 0.25) is 0 Å². The van der Waals surface area contributed by atoms with Gasteiger partial charge in [-0.1, -0.05) is 74.4 Å². The highest BCUT2D eigenvalue weighted by Gasteiger charge is 2.28. The van der Waals surface area contributed by atoms with Gasteiger partial charge in [0.15, 0.2) is 0 Å². The Morgan fingerprint density at radius 3 is 1.54 bits per heavy atom. The second kappa shape index (κ2) is 7.27. The average molecular weight is 383 g/mol. The molecule has 0 saturated heterocycles. The van der Waals surface area contributed by atoms with Crippen LogP contribution in [0.1, 0.15) is 89.4 Å². The van der Waals surface area contributed by atoms with Gasteiger partial charge in [0.2, 0.25) is 0 Å². The van der Waals surface area contributed by atoms with Gasteiger partial charge in [0.25, 0.3) is 0 Å². The van der Waals surface area contributed by atoms with Gasteiger partial charge < -0.3 is 9.84 Å². The number of hydrogen-bond acceptors (Lipinski definition) is 3. The summed E-state index contributed by atoms with van der Waals surface area (Å²) in [5.41, 5.74) is 2.58. The largest absolute Gasteiger partial charge is 0.507 e. The molecule has 0 fully saturated rings. The maximum Gasteiger partial charge on any atom is 0.343 e. The monoisotopic (exact) mass is 382 g/mol. The van der Waals surface area contributed by atoms with E-state index < -0.39 is 5.97 Å². The van der Waals surface area contributed by atoms with Gasteiger partial charge in [0, 0.05) is 11.1 Å². The van der Waals surface area contributed by atoms with Gasteiger partial charge in [0.1, 0.15) is 11.5 Å². The van der Waals surface area contributed by atoms with Gasteiger partial charge in [-0.15, -0.1) is 0 Å². The van der Waals surface area contributed by atoms with Crippen LogP contribution in [-0.4, -0.2) is 11.1 Å². The SMILES string of the molecule is CC(C)(C)c1ccc(OC(=O)c2cc(C(C)(C)C)c(O)c(C(C)(C)C)c2)cc1. The molecule has 0 unspecified atom stereocenters. The Bertz CT molecular complexity index is 820. The molecule has 2 aromatic carbocycles. The fraction of sp³-hybridized carbons (Fsp3) is 0.480. The number of ether oxygens (including phenoxy) is 1. The number of benzene rings is 2. The standard InChI is InChI=1S/C25H34O3/c1-23(2,3)17-10-12-18(13-11-17)28-22(27)16-14-19(24(4,5)6)21(26)20(15-16)25(7,8)9/h10-15,26H,1-9H3. The van der Waals surface area contributed by atoms with Crippen LogP contribution in [0.15, 0.2) is 36.4 Å². The van der Waals surface area contributed by atoms with Crippen molar-refractivity contribution < 1.29 is 14.6 Å². The molecule has 0 amide bonds. The van der Waals surface area contributed by atoms with Gasteiger partial charge >= 0.3 is 5.97 Å². The molecule has 0 aliphatic rings. The van der Waals surface area contributed by atoms with Crippen molar-refractivity contribution in [1.82, 2.24) is 0 Å². The second-order valence-electron chi connectivity index (χ2n) is 10.6. The van der Waals surface area contributed by atoms with E-state index in [1.165, 1.54) is 5.56 Å². The molecular formula is C25H34O3. The second-order valence-corrected chi connectivity index (χ2v) is 10.6. The summed E-state index contributed by atoms with van der Waals surface area (Å²) < 4.78 is 5.62. The number of aromatic hydroxyl groups is 1. The van der Waals surface area contributed by atoms with Crippen molar-refractivity contribution in [2.45, 2.75) is 78.6 Å². The van der Waals surface area contributed by atoms with E-state index in [1.807, 2.05) is 65.8 Å². The predicted octanol–water partition coefficient (Wildman–Crippen LogP) is 6.50. The Morgan fingerprint density at radius 2 is 1.18 bits per heavy atom. The third-order valence-corrected chi connectivity index (χ3v) is 4.89. The zero-order valence-electron chi connectivity index (χ0n) is 18.7. The molecule has 0 spiro atoms. The highest BCUT2D eigenvalue weighted by atomic mass is 16.5. The van der Waals surface area contributed by atoms with Crippen molar-refractivity contribution in [3.63, 3.8) is 0 Å². The molecule has 152 valence electrons. The van der Waals surface area contributed by atoms with Gasteiger partial charge in [-0.2, -0.15) is 0 Å². The van der Waals surface area contributed by atoms with E-state index >= 15 is 0 Å². The summed E-state index contributed by atoms with van der Waals surface area (Å²) in [7, 11) is 0. The maximum absolute atomic E-state index is 12.9. The molecular weight excluding hydrogens is 348 g/mol. The van der Waals surface area contributed by atoms with Crippen molar-refractivity contribution in [2.75, 3.05) is 0 Å². The number of phenols is 1. The summed E-state index contributed by atoms with van der Waals surface area (Å²) >= 11 is 0. The third-order valence-electron chi connectivity index (χ3n) is 4.89. The van der Waals surface area contributed by atoms with E-state index in [1.54, 1.807) is 12.1 Å². The molecule has 1 N–H and O–H groups in total. The Labute approximate surface area is 169 Å². The van der Waals surface area contributed by atoms with E-state index in [4.69, 9.17) is 4.74 Å². The summed E-state index contributed by atoms with van der Waals surface area (Å²) in [6, 6.07) is 11.1. The predicted molar refractivity (Wildman–Crippen MR) is 116 cm³/mol. The first-order valence-electron chi connectivity index (χ1n) is 9.81. The molecule has 2 aromatic rings. The van der Waals surface area contributed by atoms with Crippen LogP contribution >= 0.6 is 0 Å². The summed E-state index contributed by atoms with van der Waals surface area (Å²) in [6.07, 6.45) is 0. The van der Waals surface area contributed by atoms with Crippen LogP contribution in [0.4, 0.5) is 0 Å². The fourth-order valence-electron chi connectivity index (χ4n) is 3.08. The molecule has 0 radical (unpaired) electrons. The molecule has 0 bridgehead atoms. The van der Waals surface area contributed by atoms with Crippen molar-refractivity contribution in [2.24, 2.45) is 0 Å². The van der Waals surface area contributed by atoms with Crippen LogP contribution in [0.25, 0.3) is 0 Å². The van der Waals surface area contributed by atoms with E-state index in [0.29, 0.717) is 11.3 Å². The van der Waals surface area contributed by atoms with Crippen molar-refractivity contribution >= 4 is 5.97 Å². The minimum absolute atomic E-state index is 0.0444. The first-order valence-corrected chi connectivity index (χ1v) is 9.81. The van der Waals surface area contributed by atoms with Crippen LogP contribution in [0, 0.1) is 0 Å². The highest BCUT2D eigenvalue weighted by Crippen LogP contribution is 2.40. The third kappa shape index (κ3) is 4.95. The molecule has 3 nitrogen and oxygen atoms in total. The van der Waals surface area contributed by atoms with E-state index in [-0.39, 0.29) is 22.0 Å². The lowest BCUT2D eigenvalue weighted by molar-refractivity contribution is 0.0734. The number of rotatable bonds is 2. The number of carbonyl (C=O) groups excluding carboxylic acids is 1. The van der Waals surface area contributed by atoms with E-state index in [2.05, 4.69) is 20.8 Å². The zero-order chi connectivity index (χ0) is 21.5. The van der Waals surface area contributed by atoms with Crippen LogP contribution < -0.4 is 4.74 Å². The lowest BCUT2D eigenvalue weighted by Gasteiger charge is -2.28. The van der Waals surface area contributed by atoms with Gasteiger partial charge in [-0.05, 0) is 46.1 Å². The van der Waals surface area contributed by atoms with Crippen LogP contribution in [0.3, 0.4) is 0 Å². The molecule has 0 aromatic heterocycles.